The molecule has 3 aromatic rings. The van der Waals surface area contributed by atoms with Crippen molar-refractivity contribution in [3.05, 3.63) is 60.6 Å². The van der Waals surface area contributed by atoms with Gasteiger partial charge in [-0.05, 0) is 12.1 Å². The van der Waals surface area contributed by atoms with Crippen LogP contribution in [0, 0.1) is 0 Å². The molecule has 1 atom stereocenters. The highest BCUT2D eigenvalue weighted by Crippen LogP contribution is 2.25. The lowest BCUT2D eigenvalue weighted by Crippen LogP contribution is -2.44. The van der Waals surface area contributed by atoms with Crippen LogP contribution in [0.15, 0.2) is 49.1 Å². The predicted molar refractivity (Wildman–Crippen MR) is 116 cm³/mol. The van der Waals surface area contributed by atoms with Crippen molar-refractivity contribution in [3.8, 4) is 17.0 Å². The van der Waals surface area contributed by atoms with E-state index in [9.17, 15) is 4.79 Å². The maximum atomic E-state index is 12.9. The molecule has 0 radical (unpaired) electrons. The fourth-order valence-corrected chi connectivity index (χ4v) is 3.71. The molecule has 4 rings (SSSR count). The van der Waals surface area contributed by atoms with Gasteiger partial charge in [-0.25, -0.2) is 9.97 Å². The van der Waals surface area contributed by atoms with Crippen LogP contribution in [0.3, 0.4) is 0 Å². The van der Waals surface area contributed by atoms with Crippen molar-refractivity contribution in [3.63, 3.8) is 0 Å². The molecule has 0 N–H and O–H groups in total. The predicted octanol–water partition coefficient (Wildman–Crippen LogP) is 3.07. The molecule has 3 heterocycles. The lowest BCUT2D eigenvalue weighted by atomic mass is 10.1. The molecular formula is C23H27N5O3. The zero-order chi connectivity index (χ0) is 21.8. The highest BCUT2D eigenvalue weighted by Gasteiger charge is 2.27. The molecule has 1 aliphatic rings. The number of rotatable bonds is 6. The first kappa shape index (κ1) is 21.0. The van der Waals surface area contributed by atoms with Gasteiger partial charge in [0.15, 0.2) is 0 Å². The van der Waals surface area contributed by atoms with Crippen molar-refractivity contribution in [2.75, 3.05) is 26.8 Å². The summed E-state index contributed by atoms with van der Waals surface area (Å²) in [5.41, 5.74) is 2.37. The van der Waals surface area contributed by atoms with Gasteiger partial charge in [-0.2, -0.15) is 0 Å². The second-order valence-corrected chi connectivity index (χ2v) is 7.83. The Hall–Kier alpha value is -3.26. The molecule has 1 unspecified atom stereocenters. The number of ether oxygens (including phenoxy) is 2. The fraction of sp³-hybridized carbons (Fsp3) is 0.391. The second-order valence-electron chi connectivity index (χ2n) is 7.83. The minimum absolute atomic E-state index is 0.0464. The van der Waals surface area contributed by atoms with E-state index in [4.69, 9.17) is 14.5 Å². The summed E-state index contributed by atoms with van der Waals surface area (Å²) in [6, 6.07) is 7.69. The van der Waals surface area contributed by atoms with Crippen LogP contribution in [-0.4, -0.2) is 57.1 Å². The van der Waals surface area contributed by atoms with E-state index in [1.54, 1.807) is 25.7 Å². The molecule has 1 fully saturated rings. The zero-order valence-corrected chi connectivity index (χ0v) is 18.1. The molecule has 0 aliphatic carbocycles. The SMILES string of the molecule is COc1cccc(-c2cncc(C3CN(C(=O)Cn4ccnc4C(C)C)CCO3)n2)c1. The topological polar surface area (TPSA) is 82.4 Å². The Bertz CT molecular complexity index is 1050. The standard InChI is InChI=1S/C23H27N5O3/c1-16(2)23-25-7-8-28(23)15-22(29)27-9-10-31-21(14-27)20-13-24-12-19(26-20)17-5-4-6-18(11-17)30-3/h4-8,11-13,16,21H,9-10,14-15H2,1-3H3. The number of morpholine rings is 1. The quantitative estimate of drug-likeness (QED) is 0.608. The summed E-state index contributed by atoms with van der Waals surface area (Å²) in [7, 11) is 1.64. The monoisotopic (exact) mass is 421 g/mol. The highest BCUT2D eigenvalue weighted by molar-refractivity contribution is 5.76. The lowest BCUT2D eigenvalue weighted by molar-refractivity contribution is -0.139. The maximum absolute atomic E-state index is 12.9. The van der Waals surface area contributed by atoms with E-state index in [1.807, 2.05) is 39.9 Å². The summed E-state index contributed by atoms with van der Waals surface area (Å²) in [4.78, 5) is 28.3. The number of hydrogen-bond acceptors (Lipinski definition) is 6. The average Bonchev–Trinajstić information content (AvgIpc) is 3.28. The van der Waals surface area contributed by atoms with Gasteiger partial charge in [0, 0.05) is 30.4 Å². The highest BCUT2D eigenvalue weighted by atomic mass is 16.5. The smallest absolute Gasteiger partial charge is 0.242 e. The van der Waals surface area contributed by atoms with Gasteiger partial charge in [-0.1, -0.05) is 26.0 Å². The van der Waals surface area contributed by atoms with Crippen LogP contribution in [0.4, 0.5) is 0 Å². The molecule has 162 valence electrons. The van der Waals surface area contributed by atoms with E-state index >= 15 is 0 Å². The minimum atomic E-state index is -0.317. The molecular weight excluding hydrogens is 394 g/mol. The van der Waals surface area contributed by atoms with E-state index in [1.165, 1.54) is 0 Å². The Morgan fingerprint density at radius 2 is 2.19 bits per heavy atom. The van der Waals surface area contributed by atoms with Crippen LogP contribution in [-0.2, 0) is 16.1 Å². The van der Waals surface area contributed by atoms with Crippen LogP contribution >= 0.6 is 0 Å². The molecule has 0 spiro atoms. The lowest BCUT2D eigenvalue weighted by Gasteiger charge is -2.33. The summed E-state index contributed by atoms with van der Waals surface area (Å²) >= 11 is 0. The van der Waals surface area contributed by atoms with E-state index in [-0.39, 0.29) is 24.5 Å². The first-order chi connectivity index (χ1) is 15.0. The molecule has 1 aromatic carbocycles. The number of aromatic nitrogens is 4. The van der Waals surface area contributed by atoms with Gasteiger partial charge >= 0.3 is 0 Å². The van der Waals surface area contributed by atoms with E-state index < -0.39 is 0 Å². The summed E-state index contributed by atoms with van der Waals surface area (Å²) in [6.45, 7) is 5.88. The molecule has 1 saturated heterocycles. The summed E-state index contributed by atoms with van der Waals surface area (Å²) in [6.07, 6.45) is 6.70. The number of hydrogen-bond donors (Lipinski definition) is 0. The molecule has 31 heavy (non-hydrogen) atoms. The second kappa shape index (κ2) is 9.26. The van der Waals surface area contributed by atoms with Crippen molar-refractivity contribution in [1.82, 2.24) is 24.4 Å². The van der Waals surface area contributed by atoms with Crippen molar-refractivity contribution in [2.45, 2.75) is 32.4 Å². The first-order valence-electron chi connectivity index (χ1n) is 10.4. The number of nitrogens with zero attached hydrogens (tertiary/aromatic N) is 5. The van der Waals surface area contributed by atoms with Crippen molar-refractivity contribution < 1.29 is 14.3 Å². The first-order valence-corrected chi connectivity index (χ1v) is 10.4. The maximum Gasteiger partial charge on any atom is 0.242 e. The van der Waals surface area contributed by atoms with Gasteiger partial charge < -0.3 is 18.9 Å². The van der Waals surface area contributed by atoms with Crippen LogP contribution in [0.5, 0.6) is 5.75 Å². The zero-order valence-electron chi connectivity index (χ0n) is 18.1. The molecule has 1 amide bonds. The van der Waals surface area contributed by atoms with Crippen LogP contribution in [0.25, 0.3) is 11.3 Å². The Balaban J connectivity index is 1.48. The van der Waals surface area contributed by atoms with E-state index in [0.29, 0.717) is 25.4 Å². The van der Waals surface area contributed by atoms with Crippen molar-refractivity contribution in [2.24, 2.45) is 0 Å². The van der Waals surface area contributed by atoms with Crippen LogP contribution < -0.4 is 4.74 Å². The molecule has 8 heteroatoms. The van der Waals surface area contributed by atoms with E-state index in [0.717, 1.165) is 22.8 Å². The molecule has 0 saturated carbocycles. The van der Waals surface area contributed by atoms with Gasteiger partial charge in [-0.15, -0.1) is 0 Å². The Morgan fingerprint density at radius 3 is 3.00 bits per heavy atom. The third-order valence-electron chi connectivity index (χ3n) is 5.34. The Labute approximate surface area is 181 Å². The Morgan fingerprint density at radius 1 is 1.32 bits per heavy atom. The van der Waals surface area contributed by atoms with Crippen LogP contribution in [0.2, 0.25) is 0 Å². The molecule has 1 aliphatic heterocycles. The molecule has 0 bridgehead atoms. The van der Waals surface area contributed by atoms with Gasteiger partial charge in [0.2, 0.25) is 5.91 Å². The molecule has 2 aromatic heterocycles. The number of carbonyl (C=O) groups excluding carboxylic acids is 1. The van der Waals surface area contributed by atoms with E-state index in [2.05, 4.69) is 23.8 Å². The van der Waals surface area contributed by atoms with Gasteiger partial charge in [0.25, 0.3) is 0 Å². The molecule has 8 nitrogen and oxygen atoms in total. The normalized spacial score (nSPS) is 16.5. The third-order valence-corrected chi connectivity index (χ3v) is 5.34. The number of amides is 1. The number of carbonyl (C=O) groups is 1. The van der Waals surface area contributed by atoms with Crippen LogP contribution in [0.1, 0.15) is 37.4 Å². The average molecular weight is 422 g/mol. The van der Waals surface area contributed by atoms with Gasteiger partial charge in [0.05, 0.1) is 44.0 Å². The summed E-state index contributed by atoms with van der Waals surface area (Å²) in [5.74, 6) is 1.98. The number of imidazole rings is 1. The third kappa shape index (κ3) is 4.74. The fourth-order valence-electron chi connectivity index (χ4n) is 3.71. The Kier molecular flexibility index (Phi) is 6.27. The number of methoxy groups -OCH3 is 1. The van der Waals surface area contributed by atoms with Gasteiger partial charge in [-0.3, -0.25) is 9.78 Å². The largest absolute Gasteiger partial charge is 0.497 e. The van der Waals surface area contributed by atoms with Crippen molar-refractivity contribution in [1.29, 1.82) is 0 Å². The van der Waals surface area contributed by atoms with Gasteiger partial charge in [0.1, 0.15) is 24.2 Å². The van der Waals surface area contributed by atoms with Crippen molar-refractivity contribution >= 4 is 5.91 Å². The summed E-state index contributed by atoms with van der Waals surface area (Å²) < 4.78 is 13.2. The minimum Gasteiger partial charge on any atom is -0.497 e. The number of benzene rings is 1. The summed E-state index contributed by atoms with van der Waals surface area (Å²) in [5, 5.41) is 0.